The molecular formula is C16H13BO2. The molecule has 2 N–H and O–H groups in total. The molecule has 0 aliphatic rings. The molecule has 3 rings (SSSR count). The third kappa shape index (κ3) is 1.93. The number of fused-ring (bicyclic) bond motifs is 3. The molecule has 0 aliphatic heterocycles. The highest BCUT2D eigenvalue weighted by Crippen LogP contribution is 2.31. The van der Waals surface area contributed by atoms with Gasteiger partial charge in [-0.05, 0) is 32.6 Å². The average molecular weight is 248 g/mol. The molecule has 3 aromatic rings. The normalized spacial score (nSPS) is 10.8. The zero-order valence-electron chi connectivity index (χ0n) is 10.4. The van der Waals surface area contributed by atoms with Gasteiger partial charge in [-0.25, -0.2) is 0 Å². The van der Waals surface area contributed by atoms with Crippen LogP contribution in [0.2, 0.25) is 0 Å². The van der Waals surface area contributed by atoms with Gasteiger partial charge in [0.2, 0.25) is 0 Å². The number of rotatable bonds is 2. The standard InChI is InChI=1S/C16H13BO2/c1-11(17(18)19)14-8-4-6-13-10-9-12-5-2-3-7-15(12)16(13)14/h2-10,18-19H,1H2. The van der Waals surface area contributed by atoms with Crippen molar-refractivity contribution in [3.8, 4) is 0 Å². The Morgan fingerprint density at radius 3 is 2.32 bits per heavy atom. The van der Waals surface area contributed by atoms with Gasteiger partial charge in [0.15, 0.2) is 0 Å². The Kier molecular flexibility index (Phi) is 2.86. The summed E-state index contributed by atoms with van der Waals surface area (Å²) in [6.45, 7) is 3.78. The summed E-state index contributed by atoms with van der Waals surface area (Å²) >= 11 is 0. The van der Waals surface area contributed by atoms with E-state index in [0.29, 0.717) is 5.47 Å². The molecule has 0 saturated carbocycles. The highest BCUT2D eigenvalue weighted by atomic mass is 16.4. The molecule has 0 saturated heterocycles. The maximum absolute atomic E-state index is 9.36. The number of benzene rings is 3. The van der Waals surface area contributed by atoms with Gasteiger partial charge >= 0.3 is 7.12 Å². The van der Waals surface area contributed by atoms with Crippen LogP contribution in [0.4, 0.5) is 0 Å². The lowest BCUT2D eigenvalue weighted by molar-refractivity contribution is 0.427. The Balaban J connectivity index is 2.45. The van der Waals surface area contributed by atoms with E-state index in [1.54, 1.807) is 0 Å². The lowest BCUT2D eigenvalue weighted by Gasteiger charge is -2.11. The van der Waals surface area contributed by atoms with Gasteiger partial charge in [-0.15, -0.1) is 0 Å². The van der Waals surface area contributed by atoms with Crippen LogP contribution in [-0.4, -0.2) is 17.2 Å². The van der Waals surface area contributed by atoms with Gasteiger partial charge in [-0.3, -0.25) is 0 Å². The second kappa shape index (κ2) is 4.54. The minimum absolute atomic E-state index is 0.321. The monoisotopic (exact) mass is 248 g/mol. The van der Waals surface area contributed by atoms with Crippen LogP contribution in [0, 0.1) is 0 Å². The van der Waals surface area contributed by atoms with Crippen LogP contribution in [0.25, 0.3) is 27.0 Å². The topological polar surface area (TPSA) is 40.5 Å². The quantitative estimate of drug-likeness (QED) is 0.540. The molecule has 0 atom stereocenters. The first-order valence-electron chi connectivity index (χ1n) is 6.14. The molecule has 92 valence electrons. The van der Waals surface area contributed by atoms with Crippen molar-refractivity contribution in [1.82, 2.24) is 0 Å². The van der Waals surface area contributed by atoms with Crippen LogP contribution in [0.3, 0.4) is 0 Å². The first kappa shape index (κ1) is 12.0. The van der Waals surface area contributed by atoms with E-state index in [2.05, 4.69) is 12.6 Å². The molecule has 19 heavy (non-hydrogen) atoms. The summed E-state index contributed by atoms with van der Waals surface area (Å²) in [6, 6.07) is 18.0. The molecule has 0 fully saturated rings. The maximum atomic E-state index is 9.36. The van der Waals surface area contributed by atoms with E-state index in [1.807, 2.05) is 48.5 Å². The summed E-state index contributed by atoms with van der Waals surface area (Å²) < 4.78 is 0. The summed E-state index contributed by atoms with van der Waals surface area (Å²) in [5.74, 6) is 0. The minimum Gasteiger partial charge on any atom is -0.423 e. The smallest absolute Gasteiger partial charge is 0.423 e. The van der Waals surface area contributed by atoms with Gasteiger partial charge in [0.05, 0.1) is 0 Å². The van der Waals surface area contributed by atoms with E-state index in [4.69, 9.17) is 0 Å². The molecule has 2 nitrogen and oxygen atoms in total. The molecule has 0 radical (unpaired) electrons. The molecule has 0 heterocycles. The van der Waals surface area contributed by atoms with Crippen molar-refractivity contribution in [2.24, 2.45) is 0 Å². The van der Waals surface area contributed by atoms with Crippen molar-refractivity contribution in [1.29, 1.82) is 0 Å². The van der Waals surface area contributed by atoms with Gasteiger partial charge in [0.1, 0.15) is 0 Å². The predicted molar refractivity (Wildman–Crippen MR) is 80.7 cm³/mol. The molecule has 0 amide bonds. The van der Waals surface area contributed by atoms with Gasteiger partial charge in [0.25, 0.3) is 0 Å². The summed E-state index contributed by atoms with van der Waals surface area (Å²) in [7, 11) is -1.54. The fourth-order valence-corrected chi connectivity index (χ4v) is 2.47. The Morgan fingerprint density at radius 2 is 1.53 bits per heavy atom. The third-order valence-electron chi connectivity index (χ3n) is 3.43. The van der Waals surface area contributed by atoms with Crippen molar-refractivity contribution in [2.45, 2.75) is 0 Å². The highest BCUT2D eigenvalue weighted by Gasteiger charge is 2.17. The first-order valence-corrected chi connectivity index (χ1v) is 6.14. The summed E-state index contributed by atoms with van der Waals surface area (Å²) in [6.07, 6.45) is 0. The fourth-order valence-electron chi connectivity index (χ4n) is 2.47. The maximum Gasteiger partial charge on any atom is 0.488 e. The Labute approximate surface area is 111 Å². The number of hydrogen-bond donors (Lipinski definition) is 2. The zero-order valence-corrected chi connectivity index (χ0v) is 10.4. The van der Waals surface area contributed by atoms with Crippen molar-refractivity contribution in [3.05, 3.63) is 66.7 Å². The van der Waals surface area contributed by atoms with Crippen LogP contribution in [0.15, 0.2) is 61.2 Å². The summed E-state index contributed by atoms with van der Waals surface area (Å²) in [5, 5.41) is 23.0. The molecule has 3 heteroatoms. The molecule has 0 unspecified atom stereocenters. The van der Waals surface area contributed by atoms with Crippen LogP contribution >= 0.6 is 0 Å². The fraction of sp³-hybridized carbons (Fsp3) is 0. The Bertz CT molecular complexity index is 778. The molecular weight excluding hydrogens is 235 g/mol. The van der Waals surface area contributed by atoms with Crippen LogP contribution in [0.1, 0.15) is 5.56 Å². The van der Waals surface area contributed by atoms with Crippen molar-refractivity contribution in [2.75, 3.05) is 0 Å². The average Bonchev–Trinajstić information content (AvgIpc) is 2.45. The van der Waals surface area contributed by atoms with Crippen molar-refractivity contribution < 1.29 is 10.0 Å². The largest absolute Gasteiger partial charge is 0.488 e. The molecule has 0 aliphatic carbocycles. The zero-order chi connectivity index (χ0) is 13.4. The van der Waals surface area contributed by atoms with E-state index in [1.165, 1.54) is 0 Å². The van der Waals surface area contributed by atoms with E-state index in [9.17, 15) is 10.0 Å². The number of hydrogen-bond acceptors (Lipinski definition) is 2. The second-order valence-corrected chi connectivity index (χ2v) is 4.59. The lowest BCUT2D eigenvalue weighted by Crippen LogP contribution is -2.13. The van der Waals surface area contributed by atoms with Crippen molar-refractivity contribution >= 4 is 34.1 Å². The SMILES string of the molecule is C=C(B(O)O)c1cccc2ccc3ccccc3c12. The van der Waals surface area contributed by atoms with Crippen LogP contribution in [-0.2, 0) is 0 Å². The lowest BCUT2D eigenvalue weighted by atomic mass is 9.74. The summed E-state index contributed by atoms with van der Waals surface area (Å²) in [4.78, 5) is 0. The second-order valence-electron chi connectivity index (χ2n) is 4.59. The van der Waals surface area contributed by atoms with Gasteiger partial charge in [-0.1, -0.05) is 61.2 Å². The Morgan fingerprint density at radius 1 is 0.842 bits per heavy atom. The van der Waals surface area contributed by atoms with Crippen LogP contribution < -0.4 is 0 Å². The molecule has 0 bridgehead atoms. The van der Waals surface area contributed by atoms with Gasteiger partial charge in [0, 0.05) is 0 Å². The molecule has 0 spiro atoms. The van der Waals surface area contributed by atoms with E-state index in [0.717, 1.165) is 27.1 Å². The minimum atomic E-state index is -1.54. The van der Waals surface area contributed by atoms with E-state index >= 15 is 0 Å². The predicted octanol–water partition coefficient (Wildman–Crippen LogP) is 3.02. The molecule has 3 aromatic carbocycles. The first-order chi connectivity index (χ1) is 9.18. The van der Waals surface area contributed by atoms with Gasteiger partial charge < -0.3 is 10.0 Å². The van der Waals surface area contributed by atoms with E-state index in [-0.39, 0.29) is 0 Å². The molecule has 0 aromatic heterocycles. The summed E-state index contributed by atoms with van der Waals surface area (Å²) in [5.41, 5.74) is 1.10. The highest BCUT2D eigenvalue weighted by molar-refractivity contribution is 6.66. The third-order valence-corrected chi connectivity index (χ3v) is 3.43. The Hall–Kier alpha value is -2.10. The van der Waals surface area contributed by atoms with Gasteiger partial charge in [-0.2, -0.15) is 0 Å². The van der Waals surface area contributed by atoms with Crippen molar-refractivity contribution in [3.63, 3.8) is 0 Å². The van der Waals surface area contributed by atoms with E-state index < -0.39 is 7.12 Å². The van der Waals surface area contributed by atoms with Crippen LogP contribution in [0.5, 0.6) is 0 Å².